The van der Waals surface area contributed by atoms with Crippen molar-refractivity contribution in [1.82, 2.24) is 5.32 Å². The summed E-state index contributed by atoms with van der Waals surface area (Å²) in [6.07, 6.45) is 2.21. The summed E-state index contributed by atoms with van der Waals surface area (Å²) in [5.41, 5.74) is 7.90. The summed E-state index contributed by atoms with van der Waals surface area (Å²) in [7, 11) is -3.56. The van der Waals surface area contributed by atoms with E-state index in [-0.39, 0.29) is 11.7 Å². The van der Waals surface area contributed by atoms with Crippen molar-refractivity contribution >= 4 is 16.0 Å². The second-order valence-electron chi connectivity index (χ2n) is 7.64. The number of nitrogens with one attached hydrogen (secondary N) is 1. The number of benzene rings is 2. The lowest BCUT2D eigenvalue weighted by Crippen LogP contribution is -2.58. The molecule has 8 nitrogen and oxygen atoms in total. The van der Waals surface area contributed by atoms with Crippen LogP contribution < -0.4 is 15.2 Å². The maximum atomic E-state index is 12.5. The Morgan fingerprint density at radius 1 is 1.16 bits per heavy atom. The minimum Gasteiger partial charge on any atom is -0.383 e. The van der Waals surface area contributed by atoms with Crippen LogP contribution in [-0.4, -0.2) is 45.4 Å². The molecule has 1 fully saturated rings. The van der Waals surface area contributed by atoms with Crippen molar-refractivity contribution in [3.63, 3.8) is 0 Å². The molecule has 0 aromatic heterocycles. The van der Waals surface area contributed by atoms with Gasteiger partial charge in [-0.3, -0.25) is 4.79 Å². The maximum Gasteiger partial charge on any atom is 0.306 e. The highest BCUT2D eigenvalue weighted by molar-refractivity contribution is 7.86. The van der Waals surface area contributed by atoms with E-state index in [4.69, 9.17) is 14.7 Å². The van der Waals surface area contributed by atoms with Crippen LogP contribution in [0.2, 0.25) is 0 Å². The first-order chi connectivity index (χ1) is 14.7. The number of ether oxygens (including phenoxy) is 1. The lowest BCUT2D eigenvalue weighted by Gasteiger charge is -2.32. The monoisotopic (exact) mass is 443 g/mol. The minimum absolute atomic E-state index is 0.248. The van der Waals surface area contributed by atoms with Crippen LogP contribution in [0.15, 0.2) is 48.5 Å². The third-order valence-corrected chi connectivity index (χ3v) is 5.62. The predicted molar refractivity (Wildman–Crippen MR) is 116 cm³/mol. The van der Waals surface area contributed by atoms with E-state index in [9.17, 15) is 18.5 Å². The maximum absolute atomic E-state index is 12.5. The van der Waals surface area contributed by atoms with Gasteiger partial charge in [-0.05, 0) is 41.7 Å². The third-order valence-electron chi connectivity index (χ3n) is 5.13. The highest BCUT2D eigenvalue weighted by Crippen LogP contribution is 2.24. The Balaban J connectivity index is 1.62. The number of rotatable bonds is 7. The molecule has 1 aliphatic heterocycles. The third kappa shape index (κ3) is 6.28. The average Bonchev–Trinajstić information content (AvgIpc) is 2.74. The number of carbonyl (C=O) groups is 1. The van der Waals surface area contributed by atoms with Crippen LogP contribution in [0.5, 0.6) is 5.75 Å². The number of nitrogens with two attached hydrogens (primary N) is 1. The Kier molecular flexibility index (Phi) is 6.95. The molecule has 1 heterocycles. The quantitative estimate of drug-likeness (QED) is 0.623. The first kappa shape index (κ1) is 22.7. The molecule has 9 heteroatoms. The van der Waals surface area contributed by atoms with Gasteiger partial charge in [0.15, 0.2) is 0 Å². The van der Waals surface area contributed by atoms with Gasteiger partial charge in [0.1, 0.15) is 11.8 Å². The molecular formula is C22H25N3O5S. The van der Waals surface area contributed by atoms with Crippen LogP contribution >= 0.6 is 0 Å². The fraction of sp³-hybridized carbons (Fsp3) is 0.364. The molecule has 1 saturated heterocycles. The molecule has 3 N–H and O–H groups in total. The Bertz CT molecular complexity index is 1050. The molecule has 1 aliphatic rings. The molecular weight excluding hydrogens is 418 g/mol. The van der Waals surface area contributed by atoms with Crippen LogP contribution in [0.1, 0.15) is 18.4 Å². The molecule has 0 aliphatic carbocycles. The van der Waals surface area contributed by atoms with Gasteiger partial charge in [0.05, 0.1) is 17.9 Å². The lowest BCUT2D eigenvalue weighted by atomic mass is 9.90. The van der Waals surface area contributed by atoms with Crippen molar-refractivity contribution in [3.8, 4) is 22.9 Å². The van der Waals surface area contributed by atoms with Crippen molar-refractivity contribution in [3.05, 3.63) is 54.1 Å². The van der Waals surface area contributed by atoms with Gasteiger partial charge in [-0.25, -0.2) is 0 Å². The zero-order chi connectivity index (χ0) is 22.5. The molecule has 2 aromatic carbocycles. The lowest BCUT2D eigenvalue weighted by molar-refractivity contribution is -0.130. The average molecular weight is 444 g/mol. The van der Waals surface area contributed by atoms with Gasteiger partial charge in [0.25, 0.3) is 0 Å². The van der Waals surface area contributed by atoms with Crippen molar-refractivity contribution in [2.75, 3.05) is 19.5 Å². The zero-order valence-corrected chi connectivity index (χ0v) is 18.0. The topological polar surface area (TPSA) is 132 Å². The summed E-state index contributed by atoms with van der Waals surface area (Å²) < 4.78 is 32.5. The van der Waals surface area contributed by atoms with Gasteiger partial charge in [-0.15, -0.1) is 0 Å². The van der Waals surface area contributed by atoms with Crippen molar-refractivity contribution in [2.45, 2.75) is 30.8 Å². The molecule has 1 unspecified atom stereocenters. The molecule has 1 amide bonds. The van der Waals surface area contributed by atoms with Gasteiger partial charge >= 0.3 is 10.1 Å². The molecule has 0 saturated carbocycles. The Labute approximate surface area is 182 Å². The van der Waals surface area contributed by atoms with Crippen molar-refractivity contribution in [1.29, 1.82) is 5.26 Å². The number of hydrogen-bond acceptors (Lipinski definition) is 7. The summed E-state index contributed by atoms with van der Waals surface area (Å²) in [5.74, 6) is -0.0759. The fourth-order valence-corrected chi connectivity index (χ4v) is 3.80. The summed E-state index contributed by atoms with van der Waals surface area (Å²) >= 11 is 0. The van der Waals surface area contributed by atoms with E-state index >= 15 is 0 Å². The predicted octanol–water partition coefficient (Wildman–Crippen LogP) is 1.75. The molecule has 1 atom stereocenters. The molecule has 31 heavy (non-hydrogen) atoms. The standard InChI is InChI=1S/C22H25N3O5S/c1-31(27,28)30-20-8-6-18(7-9-20)17-4-2-16(3-5-17)14-19(15-23)25-21(26)22(24)10-12-29-13-11-22/h2-9,19H,10-14,24H2,1H3,(H,25,26). The van der Waals surface area contributed by atoms with Gasteiger partial charge < -0.3 is 20.0 Å². The van der Waals surface area contributed by atoms with E-state index in [1.165, 1.54) is 0 Å². The molecule has 0 spiro atoms. The molecule has 2 aromatic rings. The second kappa shape index (κ2) is 9.47. The number of hydrogen-bond donors (Lipinski definition) is 2. The van der Waals surface area contributed by atoms with Crippen molar-refractivity contribution in [2.24, 2.45) is 5.73 Å². The molecule has 0 radical (unpaired) electrons. The summed E-state index contributed by atoms with van der Waals surface area (Å²) in [4.78, 5) is 12.5. The molecule has 0 bridgehead atoms. The largest absolute Gasteiger partial charge is 0.383 e. The number of nitriles is 1. The zero-order valence-electron chi connectivity index (χ0n) is 17.2. The minimum atomic E-state index is -3.56. The summed E-state index contributed by atoms with van der Waals surface area (Å²) in [5, 5.41) is 12.2. The number of nitrogens with zero attached hydrogens (tertiary/aromatic N) is 1. The fourth-order valence-electron chi connectivity index (χ4n) is 3.34. The first-order valence-electron chi connectivity index (χ1n) is 9.85. The van der Waals surface area contributed by atoms with E-state index in [2.05, 4.69) is 11.4 Å². The van der Waals surface area contributed by atoms with Crippen molar-refractivity contribution < 1.29 is 22.1 Å². The van der Waals surface area contributed by atoms with Crippen LogP contribution in [-0.2, 0) is 26.1 Å². The second-order valence-corrected chi connectivity index (χ2v) is 9.21. The smallest absolute Gasteiger partial charge is 0.306 e. The van der Waals surface area contributed by atoms with Crippen LogP contribution in [0.3, 0.4) is 0 Å². The first-order valence-corrected chi connectivity index (χ1v) is 11.7. The highest BCUT2D eigenvalue weighted by Gasteiger charge is 2.36. The SMILES string of the molecule is CS(=O)(=O)Oc1ccc(-c2ccc(CC(C#N)NC(=O)C3(N)CCOCC3)cc2)cc1. The van der Waals surface area contributed by atoms with Gasteiger partial charge in [-0.2, -0.15) is 13.7 Å². The van der Waals surface area contributed by atoms with E-state index < -0.39 is 21.7 Å². The molecule has 3 rings (SSSR count). The Hall–Kier alpha value is -2.93. The number of carbonyl (C=O) groups excluding carboxylic acids is 1. The van der Waals surface area contributed by atoms with Gasteiger partial charge in [0, 0.05) is 19.6 Å². The van der Waals surface area contributed by atoms with E-state index in [0.29, 0.717) is 32.5 Å². The van der Waals surface area contributed by atoms with Gasteiger partial charge in [-0.1, -0.05) is 36.4 Å². The van der Waals surface area contributed by atoms with Gasteiger partial charge in [0.2, 0.25) is 5.91 Å². The van der Waals surface area contributed by atoms with E-state index in [1.807, 2.05) is 24.3 Å². The highest BCUT2D eigenvalue weighted by atomic mass is 32.2. The summed E-state index contributed by atoms with van der Waals surface area (Å²) in [6.45, 7) is 0.869. The van der Waals surface area contributed by atoms with Crippen LogP contribution in [0.25, 0.3) is 11.1 Å². The Morgan fingerprint density at radius 2 is 1.71 bits per heavy atom. The normalized spacial score (nSPS) is 16.7. The van der Waals surface area contributed by atoms with E-state index in [1.54, 1.807) is 24.3 Å². The Morgan fingerprint density at radius 3 is 2.23 bits per heavy atom. The number of amides is 1. The molecule has 164 valence electrons. The van der Waals surface area contributed by atoms with Crippen LogP contribution in [0, 0.1) is 11.3 Å². The summed E-state index contributed by atoms with van der Waals surface area (Å²) in [6, 6.07) is 15.7. The van der Waals surface area contributed by atoms with E-state index in [0.717, 1.165) is 22.9 Å². The van der Waals surface area contributed by atoms with Crippen LogP contribution in [0.4, 0.5) is 0 Å².